The van der Waals surface area contributed by atoms with E-state index in [-0.39, 0.29) is 15.9 Å². The number of anilines is 1. The number of rotatable bonds is 10. The molecule has 0 saturated heterocycles. The van der Waals surface area contributed by atoms with Gasteiger partial charge in [0.15, 0.2) is 11.0 Å². The van der Waals surface area contributed by atoms with Gasteiger partial charge in [0.1, 0.15) is 11.6 Å². The third-order valence-corrected chi connectivity index (χ3v) is 7.37. The van der Waals surface area contributed by atoms with Crippen LogP contribution in [0.2, 0.25) is 10.0 Å². The molecule has 3 aromatic rings. The van der Waals surface area contributed by atoms with Gasteiger partial charge in [-0.2, -0.15) is 0 Å². The van der Waals surface area contributed by atoms with Crippen molar-refractivity contribution in [3.05, 3.63) is 80.5 Å². The van der Waals surface area contributed by atoms with Gasteiger partial charge in [-0.3, -0.25) is 4.79 Å². The zero-order valence-corrected chi connectivity index (χ0v) is 21.7. The van der Waals surface area contributed by atoms with Crippen LogP contribution in [0.25, 0.3) is 0 Å². The third kappa shape index (κ3) is 7.19. The largest absolute Gasteiger partial charge is 0.322 e. The summed E-state index contributed by atoms with van der Waals surface area (Å²) in [7, 11) is 0. The van der Waals surface area contributed by atoms with E-state index in [2.05, 4.69) is 38.0 Å². The molecular formula is C21H17BrCl2F2N4OS2. The van der Waals surface area contributed by atoms with Crippen LogP contribution in [0, 0.1) is 11.6 Å². The molecule has 0 aliphatic heterocycles. The molecule has 1 aromatic heterocycles. The maximum absolute atomic E-state index is 13.9. The van der Waals surface area contributed by atoms with Crippen LogP contribution in [0.3, 0.4) is 0 Å². The fourth-order valence-corrected chi connectivity index (χ4v) is 5.50. The minimum Gasteiger partial charge on any atom is -0.322 e. The molecule has 0 fully saturated rings. The Kier molecular flexibility index (Phi) is 9.63. The highest BCUT2D eigenvalue weighted by molar-refractivity contribution is 9.10. The van der Waals surface area contributed by atoms with E-state index < -0.39 is 17.5 Å². The minimum absolute atomic E-state index is 0.0357. The summed E-state index contributed by atoms with van der Waals surface area (Å²) in [6.07, 6.45) is 1.71. The van der Waals surface area contributed by atoms with Crippen molar-refractivity contribution in [3.63, 3.8) is 0 Å². The molecule has 33 heavy (non-hydrogen) atoms. The second-order valence-corrected chi connectivity index (χ2v) is 10.2. The van der Waals surface area contributed by atoms with Gasteiger partial charge in [-0.25, -0.2) is 8.78 Å². The lowest BCUT2D eigenvalue weighted by Gasteiger charge is -2.10. The molecular weight excluding hydrogens is 577 g/mol. The summed E-state index contributed by atoms with van der Waals surface area (Å²) in [6.45, 7) is 4.23. The van der Waals surface area contributed by atoms with Crippen molar-refractivity contribution in [2.75, 3.05) is 11.1 Å². The Bertz CT molecular complexity index is 1160. The van der Waals surface area contributed by atoms with E-state index in [1.165, 1.54) is 0 Å². The molecule has 0 radical (unpaired) electrons. The molecule has 0 unspecified atom stereocenters. The van der Waals surface area contributed by atoms with Crippen molar-refractivity contribution in [1.29, 1.82) is 0 Å². The molecule has 0 saturated carbocycles. The van der Waals surface area contributed by atoms with E-state index in [9.17, 15) is 13.6 Å². The number of nitrogens with one attached hydrogen (secondary N) is 1. The maximum atomic E-state index is 13.9. The Morgan fingerprint density at radius 3 is 2.70 bits per heavy atom. The number of aromatic nitrogens is 3. The molecule has 0 bridgehead atoms. The molecule has 0 atom stereocenters. The van der Waals surface area contributed by atoms with Gasteiger partial charge in [0.25, 0.3) is 0 Å². The number of allylic oxidation sites excluding steroid dienone is 1. The topological polar surface area (TPSA) is 59.8 Å². The lowest BCUT2D eigenvalue weighted by Crippen LogP contribution is -2.16. The fraction of sp³-hybridized carbons (Fsp3) is 0.190. The van der Waals surface area contributed by atoms with Crippen molar-refractivity contribution < 1.29 is 13.6 Å². The van der Waals surface area contributed by atoms with E-state index in [0.717, 1.165) is 29.2 Å². The van der Waals surface area contributed by atoms with Crippen LogP contribution >= 0.6 is 62.7 Å². The van der Waals surface area contributed by atoms with Crippen molar-refractivity contribution in [3.8, 4) is 0 Å². The molecule has 0 aliphatic carbocycles. The molecule has 0 spiro atoms. The van der Waals surface area contributed by atoms with Gasteiger partial charge in [0.05, 0.1) is 17.2 Å². The number of amides is 1. The van der Waals surface area contributed by atoms with Crippen LogP contribution < -0.4 is 5.32 Å². The Morgan fingerprint density at radius 2 is 2.00 bits per heavy atom. The van der Waals surface area contributed by atoms with Gasteiger partial charge in [0.2, 0.25) is 5.91 Å². The average molecular weight is 594 g/mol. The highest BCUT2D eigenvalue weighted by atomic mass is 79.9. The Labute approximate surface area is 216 Å². The van der Waals surface area contributed by atoms with E-state index in [1.807, 2.05) is 10.6 Å². The summed E-state index contributed by atoms with van der Waals surface area (Å²) in [6, 6.07) is 7.16. The summed E-state index contributed by atoms with van der Waals surface area (Å²) < 4.78 is 29.1. The first-order chi connectivity index (χ1) is 15.8. The fourth-order valence-electron chi connectivity index (χ4n) is 2.70. The number of thioether (sulfide) groups is 2. The van der Waals surface area contributed by atoms with Gasteiger partial charge in [0, 0.05) is 32.9 Å². The van der Waals surface area contributed by atoms with Crippen molar-refractivity contribution >= 4 is 74.3 Å². The van der Waals surface area contributed by atoms with Gasteiger partial charge >= 0.3 is 0 Å². The van der Waals surface area contributed by atoms with Crippen molar-refractivity contribution in [1.82, 2.24) is 14.8 Å². The average Bonchev–Trinajstić information content (AvgIpc) is 3.12. The van der Waals surface area contributed by atoms with Crippen LogP contribution in [0.15, 0.2) is 52.6 Å². The zero-order chi connectivity index (χ0) is 24.0. The number of halogens is 5. The van der Waals surface area contributed by atoms with Crippen molar-refractivity contribution in [2.45, 2.75) is 23.2 Å². The summed E-state index contributed by atoms with van der Waals surface area (Å²) in [4.78, 5) is 12.3. The second-order valence-electron chi connectivity index (χ2n) is 6.61. The Balaban J connectivity index is 1.60. The third-order valence-electron chi connectivity index (χ3n) is 4.21. The molecule has 0 aliphatic rings. The molecule has 174 valence electrons. The predicted octanol–water partition coefficient (Wildman–Crippen LogP) is 6.98. The molecule has 1 N–H and O–H groups in total. The van der Waals surface area contributed by atoms with E-state index in [0.29, 0.717) is 39.3 Å². The maximum Gasteiger partial charge on any atom is 0.234 e. The number of benzene rings is 2. The van der Waals surface area contributed by atoms with Crippen LogP contribution in [0.5, 0.6) is 0 Å². The van der Waals surface area contributed by atoms with E-state index >= 15 is 0 Å². The Hall–Kier alpha value is -1.59. The smallest absolute Gasteiger partial charge is 0.234 e. The number of carbonyl (C=O) groups excluding carboxylic acids is 1. The summed E-state index contributed by atoms with van der Waals surface area (Å²) in [5.41, 5.74) is 0.846. The molecule has 3 rings (SSSR count). The SMILES string of the molecule is C=CCn1c(CSCc2ccc(Cl)cc2Cl)nnc1SCC(=O)Nc1c(F)cc(F)cc1Br. The minimum atomic E-state index is -0.866. The molecule has 1 heterocycles. The highest BCUT2D eigenvalue weighted by Crippen LogP contribution is 2.29. The summed E-state index contributed by atoms with van der Waals surface area (Å²) in [5, 5.41) is 12.6. The van der Waals surface area contributed by atoms with Crippen LogP contribution in [-0.4, -0.2) is 26.4 Å². The number of nitrogens with zero attached hydrogens (tertiary/aromatic N) is 3. The normalized spacial score (nSPS) is 10.9. The number of hydrogen-bond donors (Lipinski definition) is 1. The van der Waals surface area contributed by atoms with Gasteiger partial charge in [-0.15, -0.1) is 28.5 Å². The number of hydrogen-bond acceptors (Lipinski definition) is 5. The lowest BCUT2D eigenvalue weighted by molar-refractivity contribution is -0.113. The summed E-state index contributed by atoms with van der Waals surface area (Å²) >= 11 is 18.0. The highest BCUT2D eigenvalue weighted by Gasteiger charge is 2.16. The van der Waals surface area contributed by atoms with Crippen molar-refractivity contribution in [2.24, 2.45) is 0 Å². The van der Waals surface area contributed by atoms with Crippen LogP contribution in [-0.2, 0) is 22.8 Å². The Morgan fingerprint density at radius 1 is 1.21 bits per heavy atom. The first-order valence-electron chi connectivity index (χ1n) is 9.40. The predicted molar refractivity (Wildman–Crippen MR) is 135 cm³/mol. The molecule has 12 heteroatoms. The zero-order valence-electron chi connectivity index (χ0n) is 17.0. The van der Waals surface area contributed by atoms with Crippen LogP contribution in [0.1, 0.15) is 11.4 Å². The first-order valence-corrected chi connectivity index (χ1v) is 13.1. The van der Waals surface area contributed by atoms with E-state index in [1.54, 1.807) is 30.0 Å². The molecule has 1 amide bonds. The van der Waals surface area contributed by atoms with Gasteiger partial charge in [-0.1, -0.05) is 47.1 Å². The van der Waals surface area contributed by atoms with Gasteiger partial charge in [-0.05, 0) is 39.7 Å². The standard InChI is InChI=1S/C21H17BrCl2F2N4OS2/c1-2-5-30-18(10-32-9-12-3-4-13(23)6-16(12)24)28-29-21(30)33-11-19(31)27-20-15(22)7-14(25)8-17(20)26/h2-4,6-8H,1,5,9-11H2,(H,27,31). The van der Waals surface area contributed by atoms with Gasteiger partial charge < -0.3 is 9.88 Å². The first kappa shape index (κ1) is 26.0. The molecule has 2 aromatic carbocycles. The second kappa shape index (κ2) is 12.2. The monoisotopic (exact) mass is 592 g/mol. The van der Waals surface area contributed by atoms with E-state index in [4.69, 9.17) is 23.2 Å². The molecule has 5 nitrogen and oxygen atoms in total. The summed E-state index contributed by atoms with van der Waals surface area (Å²) in [5.74, 6) is -0.150. The number of carbonyl (C=O) groups is 1. The lowest BCUT2D eigenvalue weighted by atomic mass is 10.2. The quantitative estimate of drug-likeness (QED) is 0.203. The van der Waals surface area contributed by atoms with Crippen LogP contribution in [0.4, 0.5) is 14.5 Å².